The molecule has 10 heteroatoms. The van der Waals surface area contributed by atoms with Gasteiger partial charge in [-0.15, -0.1) is 6.42 Å². The number of fused-ring (bicyclic) bond motifs is 1. The molecule has 2 aromatic carbocycles. The van der Waals surface area contributed by atoms with Crippen molar-refractivity contribution in [3.8, 4) is 23.8 Å². The molecular weight excluding hydrogens is 492 g/mol. The first kappa shape index (κ1) is 23.9. The van der Waals surface area contributed by atoms with Crippen LogP contribution in [0.5, 0.6) is 11.5 Å². The molecule has 0 fully saturated rings. The van der Waals surface area contributed by atoms with Gasteiger partial charge in [0.2, 0.25) is 5.75 Å². The van der Waals surface area contributed by atoms with E-state index in [9.17, 15) is 14.9 Å². The summed E-state index contributed by atoms with van der Waals surface area (Å²) < 4.78 is 12.5. The lowest BCUT2D eigenvalue weighted by Crippen LogP contribution is -2.23. The summed E-state index contributed by atoms with van der Waals surface area (Å²) in [6.45, 7) is 3.78. The second-order valence-electron chi connectivity index (χ2n) is 7.12. The van der Waals surface area contributed by atoms with Crippen LogP contribution in [-0.4, -0.2) is 34.5 Å². The van der Waals surface area contributed by atoms with Crippen molar-refractivity contribution in [2.75, 3.05) is 13.7 Å². The minimum atomic E-state index is -0.600. The maximum Gasteiger partial charge on any atom is 0.315 e. The molecule has 33 heavy (non-hydrogen) atoms. The number of rotatable bonds is 8. The van der Waals surface area contributed by atoms with Crippen LogP contribution in [0.1, 0.15) is 37.6 Å². The summed E-state index contributed by atoms with van der Waals surface area (Å²) in [5.74, 6) is 2.75. The first-order valence-corrected chi connectivity index (χ1v) is 10.8. The molecule has 170 valence electrons. The number of benzene rings is 2. The molecule has 0 N–H and O–H groups in total. The Morgan fingerprint density at radius 1 is 1.39 bits per heavy atom. The predicted octanol–water partition coefficient (Wildman–Crippen LogP) is 4.48. The molecule has 0 aliphatic rings. The third-order valence-corrected chi connectivity index (χ3v) is 5.48. The monoisotopic (exact) mass is 512 g/mol. The fourth-order valence-electron chi connectivity index (χ4n) is 3.13. The number of aromatic nitrogens is 2. The molecule has 1 aromatic heterocycles. The number of hydrogen-bond donors (Lipinski definition) is 0. The number of hydrogen-bond acceptors (Lipinski definition) is 7. The highest BCUT2D eigenvalue weighted by atomic mass is 79.9. The summed E-state index contributed by atoms with van der Waals surface area (Å²) in [5.41, 5.74) is 0.227. The maximum atomic E-state index is 13.2. The van der Waals surface area contributed by atoms with Gasteiger partial charge in [0.05, 0.1) is 29.2 Å². The summed E-state index contributed by atoms with van der Waals surface area (Å²) in [6.07, 6.45) is 7.29. The smallest absolute Gasteiger partial charge is 0.315 e. The van der Waals surface area contributed by atoms with E-state index in [0.717, 1.165) is 10.9 Å². The van der Waals surface area contributed by atoms with Crippen molar-refractivity contribution in [3.05, 3.63) is 66.7 Å². The van der Waals surface area contributed by atoms with Crippen LogP contribution < -0.4 is 15.0 Å². The highest BCUT2D eigenvalue weighted by Crippen LogP contribution is 2.38. The van der Waals surface area contributed by atoms with E-state index >= 15 is 0 Å². The summed E-state index contributed by atoms with van der Waals surface area (Å²) >= 11 is 3.37. The lowest BCUT2D eigenvalue weighted by molar-refractivity contribution is -0.385. The molecule has 0 aliphatic heterocycles. The van der Waals surface area contributed by atoms with Gasteiger partial charge in [0.1, 0.15) is 12.4 Å². The van der Waals surface area contributed by atoms with E-state index in [1.807, 2.05) is 19.9 Å². The quantitative estimate of drug-likeness (QED) is 0.190. The van der Waals surface area contributed by atoms with Crippen LogP contribution in [0.2, 0.25) is 0 Å². The largest absolute Gasteiger partial charge is 0.493 e. The summed E-state index contributed by atoms with van der Waals surface area (Å²) in [6, 6.07) is 8.06. The van der Waals surface area contributed by atoms with Crippen molar-refractivity contribution in [3.63, 3.8) is 0 Å². The molecule has 0 saturated heterocycles. The highest BCUT2D eigenvalue weighted by Gasteiger charge is 2.22. The Morgan fingerprint density at radius 3 is 2.79 bits per heavy atom. The Balaban J connectivity index is 2.18. The first-order valence-electron chi connectivity index (χ1n) is 9.99. The molecule has 0 amide bonds. The van der Waals surface area contributed by atoms with Crippen molar-refractivity contribution in [1.82, 2.24) is 9.66 Å². The van der Waals surface area contributed by atoms with E-state index in [2.05, 4.69) is 31.9 Å². The average Bonchev–Trinajstić information content (AvgIpc) is 2.81. The summed E-state index contributed by atoms with van der Waals surface area (Å²) in [5, 5.41) is 16.3. The van der Waals surface area contributed by atoms with E-state index in [1.54, 1.807) is 12.1 Å². The Morgan fingerprint density at radius 2 is 2.15 bits per heavy atom. The molecular formula is C23H21BrN4O5. The van der Waals surface area contributed by atoms with E-state index in [1.165, 1.54) is 30.1 Å². The first-order chi connectivity index (χ1) is 15.8. The second-order valence-corrected chi connectivity index (χ2v) is 8.04. The lowest BCUT2D eigenvalue weighted by Gasteiger charge is -2.14. The van der Waals surface area contributed by atoms with Crippen LogP contribution in [0.3, 0.4) is 0 Å². The van der Waals surface area contributed by atoms with E-state index < -0.39 is 4.92 Å². The molecule has 3 rings (SSSR count). The number of nitro benzene ring substituents is 1. The molecule has 0 bridgehead atoms. The Kier molecular flexibility index (Phi) is 7.45. The van der Waals surface area contributed by atoms with Gasteiger partial charge in [0.25, 0.3) is 5.56 Å². The third-order valence-electron chi connectivity index (χ3n) is 4.98. The van der Waals surface area contributed by atoms with Gasteiger partial charge in [-0.1, -0.05) is 35.7 Å². The number of ether oxygens (including phenoxy) is 2. The minimum absolute atomic E-state index is 0.0497. The molecule has 0 unspecified atom stereocenters. The van der Waals surface area contributed by atoms with Crippen molar-refractivity contribution in [1.29, 1.82) is 0 Å². The Labute approximate surface area is 198 Å². The van der Waals surface area contributed by atoms with Gasteiger partial charge in [0, 0.05) is 22.0 Å². The molecule has 9 nitrogen and oxygen atoms in total. The Hall–Kier alpha value is -3.71. The number of nitro groups is 1. The zero-order valence-corrected chi connectivity index (χ0v) is 19.8. The van der Waals surface area contributed by atoms with Gasteiger partial charge in [0.15, 0.2) is 5.75 Å². The van der Waals surface area contributed by atoms with Gasteiger partial charge in [-0.25, -0.2) is 4.98 Å². The van der Waals surface area contributed by atoms with Crippen LogP contribution in [0.4, 0.5) is 5.69 Å². The highest BCUT2D eigenvalue weighted by molar-refractivity contribution is 9.10. The van der Waals surface area contributed by atoms with Gasteiger partial charge >= 0.3 is 5.69 Å². The Bertz CT molecular complexity index is 1340. The maximum absolute atomic E-state index is 13.2. The summed E-state index contributed by atoms with van der Waals surface area (Å²) in [4.78, 5) is 28.9. The number of methoxy groups -OCH3 is 1. The number of halogens is 1. The van der Waals surface area contributed by atoms with Gasteiger partial charge in [-0.05, 0) is 30.7 Å². The molecule has 3 aromatic rings. The normalized spacial score (nSPS) is 12.0. The molecule has 1 heterocycles. The number of terminal acetylenes is 1. The van der Waals surface area contributed by atoms with Crippen molar-refractivity contribution in [2.45, 2.75) is 26.2 Å². The molecule has 1 atom stereocenters. The van der Waals surface area contributed by atoms with Gasteiger partial charge < -0.3 is 9.47 Å². The SMILES string of the molecule is C#CCOc1c(OC)cc(C=Nn2c([C@@H](C)CC)nc3ccc(Br)cc3c2=O)cc1[N+](=O)[O-]. The standard InChI is InChI=1S/C23H21BrN4O5/c1-5-9-33-21-19(28(30)31)10-15(11-20(21)32-4)13-25-27-22(14(3)6-2)26-18-8-7-16(24)12-17(18)23(27)29/h1,7-8,10-14H,6,9H2,2-4H3/t14-/m0/s1. The molecule has 0 spiro atoms. The van der Waals surface area contributed by atoms with Crippen LogP contribution in [0.25, 0.3) is 10.9 Å². The van der Waals surface area contributed by atoms with Crippen molar-refractivity contribution in [2.24, 2.45) is 5.10 Å². The van der Waals surface area contributed by atoms with Crippen molar-refractivity contribution < 1.29 is 14.4 Å². The topological polar surface area (TPSA) is 109 Å². The third kappa shape index (κ3) is 5.04. The zero-order chi connectivity index (χ0) is 24.1. The molecule has 0 saturated carbocycles. The fraction of sp³-hybridized carbons (Fsp3) is 0.261. The summed E-state index contributed by atoms with van der Waals surface area (Å²) in [7, 11) is 1.36. The van der Waals surface area contributed by atoms with Gasteiger partial charge in [-0.2, -0.15) is 9.78 Å². The van der Waals surface area contributed by atoms with Gasteiger partial charge in [-0.3, -0.25) is 14.9 Å². The minimum Gasteiger partial charge on any atom is -0.493 e. The predicted molar refractivity (Wildman–Crippen MR) is 129 cm³/mol. The van der Waals surface area contributed by atoms with Crippen LogP contribution in [0, 0.1) is 22.5 Å². The average molecular weight is 513 g/mol. The van der Waals surface area contributed by atoms with Crippen LogP contribution in [0.15, 0.2) is 44.7 Å². The van der Waals surface area contributed by atoms with Crippen LogP contribution in [-0.2, 0) is 0 Å². The van der Waals surface area contributed by atoms with Crippen molar-refractivity contribution >= 4 is 38.7 Å². The van der Waals surface area contributed by atoms with E-state index in [4.69, 9.17) is 15.9 Å². The van der Waals surface area contributed by atoms with Crippen LogP contribution >= 0.6 is 15.9 Å². The second kappa shape index (κ2) is 10.3. The molecule has 0 aliphatic carbocycles. The molecule has 0 radical (unpaired) electrons. The van der Waals surface area contributed by atoms with E-state index in [0.29, 0.717) is 22.3 Å². The fourth-order valence-corrected chi connectivity index (χ4v) is 3.49. The lowest BCUT2D eigenvalue weighted by atomic mass is 10.1. The van der Waals surface area contributed by atoms with E-state index in [-0.39, 0.29) is 35.3 Å². The zero-order valence-electron chi connectivity index (χ0n) is 18.2. The number of nitrogens with zero attached hydrogens (tertiary/aromatic N) is 4.